The normalized spacial score (nSPS) is 20.1. The van der Waals surface area contributed by atoms with Gasteiger partial charge in [0.2, 0.25) is 5.91 Å². The summed E-state index contributed by atoms with van der Waals surface area (Å²) in [4.78, 5) is 14.7. The third-order valence-electron chi connectivity index (χ3n) is 5.30. The van der Waals surface area contributed by atoms with Gasteiger partial charge >= 0.3 is 0 Å². The molecule has 1 unspecified atom stereocenters. The summed E-state index contributed by atoms with van der Waals surface area (Å²) in [6.07, 6.45) is 4.43. The van der Waals surface area contributed by atoms with E-state index in [-0.39, 0.29) is 17.6 Å². The average molecular weight is 389 g/mol. The predicted octanol–water partition coefficient (Wildman–Crippen LogP) is 2.65. The van der Waals surface area contributed by atoms with Gasteiger partial charge in [-0.05, 0) is 45.9 Å². The Hall–Kier alpha value is -2.05. The molecule has 0 aromatic heterocycles. The molecule has 2 aliphatic rings. The molecule has 0 radical (unpaired) electrons. The lowest BCUT2D eigenvalue weighted by atomic mass is 10.0. The van der Waals surface area contributed by atoms with Gasteiger partial charge < -0.3 is 19.5 Å². The summed E-state index contributed by atoms with van der Waals surface area (Å²) >= 11 is 0. The molecule has 6 nitrogen and oxygen atoms in total. The van der Waals surface area contributed by atoms with Crippen molar-refractivity contribution in [2.75, 3.05) is 39.5 Å². The van der Waals surface area contributed by atoms with Crippen molar-refractivity contribution in [2.45, 2.75) is 45.8 Å². The number of benzene rings is 1. The van der Waals surface area contributed by atoms with Crippen molar-refractivity contribution >= 4 is 12.0 Å². The lowest BCUT2D eigenvalue weighted by Gasteiger charge is -2.40. The van der Waals surface area contributed by atoms with Gasteiger partial charge in [0.15, 0.2) is 0 Å². The van der Waals surface area contributed by atoms with Gasteiger partial charge in [0, 0.05) is 48.8 Å². The van der Waals surface area contributed by atoms with Crippen molar-refractivity contribution in [1.82, 2.24) is 10.2 Å². The molecule has 154 valence electrons. The molecule has 1 N–H and O–H groups in total. The molecule has 1 saturated heterocycles. The van der Waals surface area contributed by atoms with E-state index in [0.29, 0.717) is 13.2 Å². The number of hydrogen-bond donors (Lipinski definition) is 1. The molecule has 1 aromatic carbocycles. The van der Waals surface area contributed by atoms with Gasteiger partial charge in [-0.2, -0.15) is 0 Å². The SMILES string of the molecule is CCOc1cc2c(cc1/C=C/C(=O)NCC(C)(C)N1CCOCC1)OC(C)C2. The largest absolute Gasteiger partial charge is 0.493 e. The van der Waals surface area contributed by atoms with Crippen LogP contribution in [0.3, 0.4) is 0 Å². The first-order chi connectivity index (χ1) is 13.4. The topological polar surface area (TPSA) is 60.0 Å². The Bertz CT molecular complexity index is 723. The Morgan fingerprint density at radius 3 is 2.82 bits per heavy atom. The number of ether oxygens (including phenoxy) is 3. The number of amides is 1. The third kappa shape index (κ3) is 5.06. The fourth-order valence-electron chi connectivity index (χ4n) is 3.67. The van der Waals surface area contributed by atoms with Crippen LogP contribution >= 0.6 is 0 Å². The number of morpholine rings is 1. The highest BCUT2D eigenvalue weighted by Gasteiger charge is 2.28. The first-order valence-electron chi connectivity index (χ1n) is 10.1. The minimum Gasteiger partial charge on any atom is -0.493 e. The summed E-state index contributed by atoms with van der Waals surface area (Å²) in [5.41, 5.74) is 1.91. The molecule has 2 heterocycles. The maximum atomic E-state index is 12.4. The van der Waals surface area contributed by atoms with Crippen LogP contribution in [0.4, 0.5) is 0 Å². The molecular weight excluding hydrogens is 356 g/mol. The smallest absolute Gasteiger partial charge is 0.244 e. The minimum atomic E-state index is -0.112. The highest BCUT2D eigenvalue weighted by Crippen LogP contribution is 2.35. The quantitative estimate of drug-likeness (QED) is 0.728. The fraction of sp³-hybridized carbons (Fsp3) is 0.591. The number of nitrogens with zero attached hydrogens (tertiary/aromatic N) is 1. The van der Waals surface area contributed by atoms with Gasteiger partial charge in [0.1, 0.15) is 17.6 Å². The van der Waals surface area contributed by atoms with Gasteiger partial charge in [-0.15, -0.1) is 0 Å². The van der Waals surface area contributed by atoms with Crippen molar-refractivity contribution in [3.63, 3.8) is 0 Å². The van der Waals surface area contributed by atoms with Crippen LogP contribution in [0, 0.1) is 0 Å². The number of nitrogens with one attached hydrogen (secondary N) is 1. The molecule has 28 heavy (non-hydrogen) atoms. The summed E-state index contributed by atoms with van der Waals surface area (Å²) in [6, 6.07) is 3.99. The highest BCUT2D eigenvalue weighted by atomic mass is 16.5. The summed E-state index contributed by atoms with van der Waals surface area (Å²) in [6.45, 7) is 12.7. The molecule has 0 bridgehead atoms. The Labute approximate surface area is 167 Å². The number of rotatable bonds is 7. The van der Waals surface area contributed by atoms with E-state index in [1.54, 1.807) is 12.2 Å². The Kier molecular flexibility index (Phi) is 6.62. The second-order valence-corrected chi connectivity index (χ2v) is 8.03. The van der Waals surface area contributed by atoms with Crippen LogP contribution < -0.4 is 14.8 Å². The van der Waals surface area contributed by atoms with Crippen LogP contribution in [-0.4, -0.2) is 61.9 Å². The first kappa shape index (κ1) is 20.7. The first-order valence-corrected chi connectivity index (χ1v) is 10.1. The van der Waals surface area contributed by atoms with E-state index < -0.39 is 0 Å². The lowest BCUT2D eigenvalue weighted by Crippen LogP contribution is -2.55. The molecule has 1 fully saturated rings. The Morgan fingerprint density at radius 2 is 2.11 bits per heavy atom. The van der Waals surface area contributed by atoms with Crippen LogP contribution in [-0.2, 0) is 16.0 Å². The van der Waals surface area contributed by atoms with Crippen molar-refractivity contribution < 1.29 is 19.0 Å². The second kappa shape index (κ2) is 8.97. The summed E-state index contributed by atoms with van der Waals surface area (Å²) in [5, 5.41) is 3.02. The monoisotopic (exact) mass is 388 g/mol. The Morgan fingerprint density at radius 1 is 1.36 bits per heavy atom. The number of fused-ring (bicyclic) bond motifs is 1. The maximum absolute atomic E-state index is 12.4. The summed E-state index contributed by atoms with van der Waals surface area (Å²) < 4.78 is 17.0. The summed E-state index contributed by atoms with van der Waals surface area (Å²) in [5.74, 6) is 1.56. The molecular formula is C22H32N2O4. The molecule has 6 heteroatoms. The maximum Gasteiger partial charge on any atom is 0.244 e. The zero-order valence-electron chi connectivity index (χ0n) is 17.4. The van der Waals surface area contributed by atoms with Gasteiger partial charge in [0.05, 0.1) is 19.8 Å². The van der Waals surface area contributed by atoms with E-state index in [9.17, 15) is 4.79 Å². The molecule has 0 aliphatic carbocycles. The van der Waals surface area contributed by atoms with Crippen LogP contribution in [0.1, 0.15) is 38.8 Å². The van der Waals surface area contributed by atoms with Crippen molar-refractivity contribution in [1.29, 1.82) is 0 Å². The zero-order valence-corrected chi connectivity index (χ0v) is 17.4. The number of carbonyl (C=O) groups is 1. The van der Waals surface area contributed by atoms with Crippen LogP contribution in [0.15, 0.2) is 18.2 Å². The Balaban J connectivity index is 1.63. The molecule has 2 aliphatic heterocycles. The van der Waals surface area contributed by atoms with Gasteiger partial charge in [-0.25, -0.2) is 0 Å². The molecule has 1 amide bonds. The van der Waals surface area contributed by atoms with E-state index >= 15 is 0 Å². The van der Waals surface area contributed by atoms with E-state index in [1.807, 2.05) is 19.1 Å². The van der Waals surface area contributed by atoms with E-state index in [4.69, 9.17) is 14.2 Å². The molecule has 3 rings (SSSR count). The van der Waals surface area contributed by atoms with Crippen LogP contribution in [0.25, 0.3) is 6.08 Å². The van der Waals surface area contributed by atoms with Crippen molar-refractivity contribution in [3.05, 3.63) is 29.3 Å². The predicted molar refractivity (Wildman–Crippen MR) is 110 cm³/mol. The second-order valence-electron chi connectivity index (χ2n) is 8.03. The van der Waals surface area contributed by atoms with Crippen molar-refractivity contribution in [2.24, 2.45) is 0 Å². The van der Waals surface area contributed by atoms with E-state index in [2.05, 4.69) is 31.0 Å². The third-order valence-corrected chi connectivity index (χ3v) is 5.30. The van der Waals surface area contributed by atoms with Gasteiger partial charge in [-0.1, -0.05) is 0 Å². The zero-order chi connectivity index (χ0) is 20.1. The summed E-state index contributed by atoms with van der Waals surface area (Å²) in [7, 11) is 0. The van der Waals surface area contributed by atoms with Gasteiger partial charge in [0.25, 0.3) is 0 Å². The van der Waals surface area contributed by atoms with Crippen LogP contribution in [0.5, 0.6) is 11.5 Å². The lowest BCUT2D eigenvalue weighted by molar-refractivity contribution is -0.117. The van der Waals surface area contributed by atoms with E-state index in [0.717, 1.165) is 55.4 Å². The average Bonchev–Trinajstić information content (AvgIpc) is 3.04. The number of hydrogen-bond acceptors (Lipinski definition) is 5. The number of carbonyl (C=O) groups excluding carboxylic acids is 1. The molecule has 0 spiro atoms. The van der Waals surface area contributed by atoms with Gasteiger partial charge in [-0.3, -0.25) is 9.69 Å². The van der Waals surface area contributed by atoms with Crippen LogP contribution in [0.2, 0.25) is 0 Å². The molecule has 1 aromatic rings. The molecule has 0 saturated carbocycles. The minimum absolute atomic E-state index is 0.110. The van der Waals surface area contributed by atoms with E-state index in [1.165, 1.54) is 0 Å². The molecule has 1 atom stereocenters. The van der Waals surface area contributed by atoms with Crippen molar-refractivity contribution in [3.8, 4) is 11.5 Å². The highest BCUT2D eigenvalue weighted by molar-refractivity contribution is 5.92. The standard InChI is InChI=1S/C22H32N2O4/c1-5-27-19-14-18-12-16(2)28-20(18)13-17(19)6-7-21(25)23-15-22(3,4)24-8-10-26-11-9-24/h6-7,13-14,16H,5,8-12,15H2,1-4H3,(H,23,25)/b7-6+. The fourth-order valence-corrected chi connectivity index (χ4v) is 3.67.